The molecular formula is C17H11N3O2S. The molecule has 0 N–H and O–H groups in total. The highest BCUT2D eigenvalue weighted by Gasteiger charge is 2.10. The lowest BCUT2D eigenvalue weighted by atomic mass is 10.2. The zero-order valence-corrected chi connectivity index (χ0v) is 12.7. The Morgan fingerprint density at radius 1 is 1.00 bits per heavy atom. The van der Waals surface area contributed by atoms with Crippen LogP contribution in [0.5, 0.6) is 0 Å². The zero-order valence-electron chi connectivity index (χ0n) is 11.9. The molecule has 4 aromatic rings. The number of aromatic nitrogens is 3. The van der Waals surface area contributed by atoms with E-state index in [1.807, 2.05) is 48.5 Å². The SMILES string of the molecule is O=c1cc(Sc2ncn(-c3ccccc3)n2)c2ccccc2o1. The van der Waals surface area contributed by atoms with Crippen LogP contribution in [0, 0.1) is 0 Å². The highest BCUT2D eigenvalue weighted by Crippen LogP contribution is 2.30. The Bertz CT molecular complexity index is 1020. The lowest BCUT2D eigenvalue weighted by Gasteiger charge is -2.02. The summed E-state index contributed by atoms with van der Waals surface area (Å²) < 4.78 is 6.90. The van der Waals surface area contributed by atoms with Crippen molar-refractivity contribution in [3.8, 4) is 5.69 Å². The fraction of sp³-hybridized carbons (Fsp3) is 0. The Morgan fingerprint density at radius 3 is 2.65 bits per heavy atom. The maximum atomic E-state index is 11.7. The Hall–Kier alpha value is -2.86. The molecule has 2 aromatic carbocycles. The topological polar surface area (TPSA) is 60.9 Å². The van der Waals surface area contributed by atoms with E-state index in [9.17, 15) is 4.79 Å². The van der Waals surface area contributed by atoms with Crippen molar-refractivity contribution in [2.75, 3.05) is 0 Å². The summed E-state index contributed by atoms with van der Waals surface area (Å²) in [5.74, 6) is 0. The quantitative estimate of drug-likeness (QED) is 0.540. The molecule has 0 aliphatic heterocycles. The van der Waals surface area contributed by atoms with Crippen LogP contribution in [0.2, 0.25) is 0 Å². The van der Waals surface area contributed by atoms with Crippen molar-refractivity contribution in [3.05, 3.63) is 77.4 Å². The number of para-hydroxylation sites is 2. The number of fused-ring (bicyclic) bond motifs is 1. The maximum Gasteiger partial charge on any atom is 0.337 e. The van der Waals surface area contributed by atoms with Crippen molar-refractivity contribution in [2.45, 2.75) is 10.1 Å². The van der Waals surface area contributed by atoms with Gasteiger partial charge in [0.2, 0.25) is 5.16 Å². The van der Waals surface area contributed by atoms with Crippen LogP contribution < -0.4 is 5.63 Å². The van der Waals surface area contributed by atoms with Gasteiger partial charge in [-0.15, -0.1) is 5.10 Å². The minimum Gasteiger partial charge on any atom is -0.423 e. The number of nitrogens with zero attached hydrogens (tertiary/aromatic N) is 3. The first-order valence-electron chi connectivity index (χ1n) is 6.97. The predicted molar refractivity (Wildman–Crippen MR) is 88.0 cm³/mol. The van der Waals surface area contributed by atoms with Crippen molar-refractivity contribution in [3.63, 3.8) is 0 Å². The van der Waals surface area contributed by atoms with Crippen molar-refractivity contribution in [2.24, 2.45) is 0 Å². The van der Waals surface area contributed by atoms with E-state index in [-0.39, 0.29) is 5.63 Å². The molecule has 4 rings (SSSR count). The third-order valence-corrected chi connectivity index (χ3v) is 4.23. The molecule has 0 amide bonds. The molecule has 0 atom stereocenters. The molecule has 112 valence electrons. The van der Waals surface area contributed by atoms with Gasteiger partial charge in [0.05, 0.1) is 5.69 Å². The highest BCUT2D eigenvalue weighted by atomic mass is 32.2. The molecule has 2 heterocycles. The molecule has 0 unspecified atom stereocenters. The van der Waals surface area contributed by atoms with Gasteiger partial charge in [0, 0.05) is 16.3 Å². The predicted octanol–water partition coefficient (Wildman–Crippen LogP) is 3.52. The van der Waals surface area contributed by atoms with Crippen molar-refractivity contribution in [1.29, 1.82) is 0 Å². The fourth-order valence-electron chi connectivity index (χ4n) is 2.26. The van der Waals surface area contributed by atoms with Crippen molar-refractivity contribution in [1.82, 2.24) is 14.8 Å². The Balaban J connectivity index is 1.72. The van der Waals surface area contributed by atoms with Crippen LogP contribution in [0.4, 0.5) is 0 Å². The molecule has 2 aromatic heterocycles. The molecule has 0 bridgehead atoms. The van der Waals surface area contributed by atoms with Gasteiger partial charge < -0.3 is 4.42 Å². The molecule has 0 aliphatic carbocycles. The molecular weight excluding hydrogens is 310 g/mol. The first-order valence-corrected chi connectivity index (χ1v) is 7.79. The molecule has 0 fully saturated rings. The number of hydrogen-bond donors (Lipinski definition) is 0. The summed E-state index contributed by atoms with van der Waals surface area (Å²) in [5.41, 5.74) is 1.11. The minimum absolute atomic E-state index is 0.381. The Labute approximate surface area is 135 Å². The van der Waals surface area contributed by atoms with E-state index in [0.717, 1.165) is 16.0 Å². The minimum atomic E-state index is -0.381. The van der Waals surface area contributed by atoms with Crippen molar-refractivity contribution < 1.29 is 4.42 Å². The maximum absolute atomic E-state index is 11.7. The summed E-state index contributed by atoms with van der Waals surface area (Å²) >= 11 is 1.34. The van der Waals surface area contributed by atoms with Crippen molar-refractivity contribution >= 4 is 22.7 Å². The second kappa shape index (κ2) is 5.73. The van der Waals surface area contributed by atoms with Gasteiger partial charge >= 0.3 is 5.63 Å². The smallest absolute Gasteiger partial charge is 0.337 e. The normalized spacial score (nSPS) is 11.0. The second-order valence-electron chi connectivity index (χ2n) is 4.84. The highest BCUT2D eigenvalue weighted by molar-refractivity contribution is 7.99. The number of benzene rings is 2. The third kappa shape index (κ3) is 2.76. The second-order valence-corrected chi connectivity index (χ2v) is 5.84. The third-order valence-electron chi connectivity index (χ3n) is 3.30. The van der Waals surface area contributed by atoms with Gasteiger partial charge in [-0.3, -0.25) is 0 Å². The Kier molecular flexibility index (Phi) is 3.44. The van der Waals surface area contributed by atoms with Gasteiger partial charge in [0.25, 0.3) is 0 Å². The van der Waals surface area contributed by atoms with Gasteiger partial charge in [-0.1, -0.05) is 36.4 Å². The first kappa shape index (κ1) is 13.8. The van der Waals surface area contributed by atoms with E-state index >= 15 is 0 Å². The van der Waals surface area contributed by atoms with Crippen LogP contribution in [0.15, 0.2) is 86.3 Å². The molecule has 0 radical (unpaired) electrons. The molecule has 6 heteroatoms. The van der Waals surface area contributed by atoms with E-state index in [2.05, 4.69) is 10.1 Å². The number of rotatable bonds is 3. The average molecular weight is 321 g/mol. The fourth-order valence-corrected chi connectivity index (χ4v) is 3.12. The van der Waals surface area contributed by atoms with Gasteiger partial charge in [0.1, 0.15) is 11.9 Å². The summed E-state index contributed by atoms with van der Waals surface area (Å²) in [5, 5.41) is 5.89. The van der Waals surface area contributed by atoms with E-state index in [1.54, 1.807) is 17.1 Å². The summed E-state index contributed by atoms with van der Waals surface area (Å²) in [6.07, 6.45) is 1.66. The average Bonchev–Trinajstić information content (AvgIpc) is 3.04. The molecule has 0 saturated heterocycles. The Morgan fingerprint density at radius 2 is 1.78 bits per heavy atom. The lowest BCUT2D eigenvalue weighted by molar-refractivity contribution is 0.557. The van der Waals surface area contributed by atoms with Gasteiger partial charge in [-0.25, -0.2) is 14.5 Å². The summed E-state index contributed by atoms with van der Waals surface area (Å²) in [6.45, 7) is 0. The first-order chi connectivity index (χ1) is 11.3. The summed E-state index contributed by atoms with van der Waals surface area (Å²) in [6, 6.07) is 18.6. The van der Waals surface area contributed by atoms with Crippen LogP contribution >= 0.6 is 11.8 Å². The monoisotopic (exact) mass is 321 g/mol. The standard InChI is InChI=1S/C17H11N3O2S/c21-16-10-15(13-8-4-5-9-14(13)22-16)23-17-18-11-20(19-17)12-6-2-1-3-7-12/h1-11H. The van der Waals surface area contributed by atoms with E-state index in [1.165, 1.54) is 17.8 Å². The summed E-state index contributed by atoms with van der Waals surface area (Å²) in [4.78, 5) is 16.8. The molecule has 0 spiro atoms. The van der Waals surface area contributed by atoms with Crippen LogP contribution in [0.25, 0.3) is 16.7 Å². The van der Waals surface area contributed by atoms with Gasteiger partial charge in [-0.05, 0) is 30.0 Å². The van der Waals surface area contributed by atoms with Crippen LogP contribution in [-0.2, 0) is 0 Å². The molecule has 23 heavy (non-hydrogen) atoms. The van der Waals surface area contributed by atoms with E-state index in [0.29, 0.717) is 10.7 Å². The molecule has 0 aliphatic rings. The van der Waals surface area contributed by atoms with Crippen LogP contribution in [0.3, 0.4) is 0 Å². The molecule has 5 nitrogen and oxygen atoms in total. The van der Waals surface area contributed by atoms with Gasteiger partial charge in [0.15, 0.2) is 0 Å². The summed E-state index contributed by atoms with van der Waals surface area (Å²) in [7, 11) is 0. The van der Waals surface area contributed by atoms with Gasteiger partial charge in [-0.2, -0.15) is 0 Å². The van der Waals surface area contributed by atoms with E-state index in [4.69, 9.17) is 4.42 Å². The zero-order chi connectivity index (χ0) is 15.6. The largest absolute Gasteiger partial charge is 0.423 e. The number of hydrogen-bond acceptors (Lipinski definition) is 5. The van der Waals surface area contributed by atoms with E-state index < -0.39 is 0 Å². The van der Waals surface area contributed by atoms with Crippen LogP contribution in [-0.4, -0.2) is 14.8 Å². The van der Waals surface area contributed by atoms with Crippen LogP contribution in [0.1, 0.15) is 0 Å². The molecule has 0 saturated carbocycles. The lowest BCUT2D eigenvalue weighted by Crippen LogP contribution is -1.97.